The van der Waals surface area contributed by atoms with Gasteiger partial charge in [-0.3, -0.25) is 9.10 Å². The van der Waals surface area contributed by atoms with Gasteiger partial charge >= 0.3 is 6.18 Å². The molecule has 0 saturated carbocycles. The number of anilines is 1. The minimum Gasteiger partial charge on any atom is -0.494 e. The maximum absolute atomic E-state index is 13.4. The number of carbonyl (C=O) groups is 1. The normalized spacial score (nSPS) is 12.6. The summed E-state index contributed by atoms with van der Waals surface area (Å²) in [4.78, 5) is 12.8. The van der Waals surface area contributed by atoms with E-state index in [-0.39, 0.29) is 10.6 Å². The number of nitrogens with zero attached hydrogens (tertiary/aromatic N) is 1. The number of sulfonamides is 1. The third kappa shape index (κ3) is 6.57. The van der Waals surface area contributed by atoms with Crippen LogP contribution in [0.2, 0.25) is 0 Å². The average Bonchev–Trinajstić information content (AvgIpc) is 2.83. The van der Waals surface area contributed by atoms with Crippen LogP contribution < -0.4 is 14.4 Å². The van der Waals surface area contributed by atoms with Crippen LogP contribution in [0.1, 0.15) is 36.6 Å². The van der Waals surface area contributed by atoms with Crippen LogP contribution in [-0.2, 0) is 21.0 Å². The highest BCUT2D eigenvalue weighted by Gasteiger charge is 2.33. The molecular weight excluding hydrogens is 493 g/mol. The molecule has 0 fully saturated rings. The van der Waals surface area contributed by atoms with Gasteiger partial charge in [-0.1, -0.05) is 35.9 Å². The van der Waals surface area contributed by atoms with E-state index >= 15 is 0 Å². The van der Waals surface area contributed by atoms with Crippen LogP contribution in [0.25, 0.3) is 0 Å². The Labute approximate surface area is 208 Å². The molecule has 0 radical (unpaired) electrons. The summed E-state index contributed by atoms with van der Waals surface area (Å²) in [5, 5.41) is 2.72. The molecule has 1 atom stereocenters. The number of nitrogens with one attached hydrogen (secondary N) is 1. The minimum atomic E-state index is -4.68. The molecular formula is C26H27F3N2O4S. The quantitative estimate of drug-likeness (QED) is 0.405. The number of ether oxygens (including phenoxy) is 1. The van der Waals surface area contributed by atoms with E-state index in [9.17, 15) is 26.4 Å². The molecule has 192 valence electrons. The molecule has 0 spiro atoms. The molecule has 0 aliphatic heterocycles. The molecule has 3 rings (SSSR count). The number of hydrogen-bond donors (Lipinski definition) is 1. The van der Waals surface area contributed by atoms with Crippen molar-refractivity contribution < 1.29 is 31.1 Å². The molecule has 3 aromatic carbocycles. The zero-order valence-electron chi connectivity index (χ0n) is 20.0. The summed E-state index contributed by atoms with van der Waals surface area (Å²) in [5.74, 6) is -0.0100. The molecule has 0 heterocycles. The number of halogens is 3. The minimum absolute atomic E-state index is 0.141. The highest BCUT2D eigenvalue weighted by Crippen LogP contribution is 2.33. The van der Waals surface area contributed by atoms with Gasteiger partial charge in [0.15, 0.2) is 0 Å². The second-order valence-electron chi connectivity index (χ2n) is 8.16. The second kappa shape index (κ2) is 11.0. The molecule has 0 aliphatic rings. The lowest BCUT2D eigenvalue weighted by atomic mass is 10.1. The first-order valence-corrected chi connectivity index (χ1v) is 12.6. The average molecular weight is 521 g/mol. The summed E-state index contributed by atoms with van der Waals surface area (Å²) >= 11 is 0. The van der Waals surface area contributed by atoms with Gasteiger partial charge in [0, 0.05) is 0 Å². The summed E-state index contributed by atoms with van der Waals surface area (Å²) in [7, 11) is -4.35. The summed E-state index contributed by atoms with van der Waals surface area (Å²) < 4.78 is 73.0. The standard InChI is InChI=1S/C26H27F3N2O4S/c1-4-35-23-12-10-20(11-13-23)19(3)30-25(32)17-31(22-7-5-6-21(16-22)26(27,28)29)36(33,34)24-14-8-18(2)9-15-24/h5-16,19H,4,17H2,1-3H3,(H,30,32)/t19-/m0/s1. The Hall–Kier alpha value is -3.53. The number of alkyl halides is 3. The second-order valence-corrected chi connectivity index (χ2v) is 10.0. The lowest BCUT2D eigenvalue weighted by molar-refractivity contribution is -0.137. The van der Waals surface area contributed by atoms with Gasteiger partial charge in [-0.05, 0) is 68.8 Å². The van der Waals surface area contributed by atoms with Crippen molar-refractivity contribution in [2.24, 2.45) is 0 Å². The third-order valence-electron chi connectivity index (χ3n) is 5.43. The maximum atomic E-state index is 13.4. The van der Waals surface area contributed by atoms with Crippen molar-refractivity contribution in [3.63, 3.8) is 0 Å². The Bertz CT molecular complexity index is 1290. The molecule has 0 unspecified atom stereocenters. The van der Waals surface area contributed by atoms with Crippen molar-refractivity contribution >= 4 is 21.6 Å². The van der Waals surface area contributed by atoms with Gasteiger partial charge < -0.3 is 10.1 Å². The summed E-state index contributed by atoms with van der Waals surface area (Å²) in [5.41, 5.74) is 0.266. The SMILES string of the molecule is CCOc1ccc([C@H](C)NC(=O)CN(c2cccc(C(F)(F)F)c2)S(=O)(=O)c2ccc(C)cc2)cc1. The van der Waals surface area contributed by atoms with Crippen LogP contribution in [0.15, 0.2) is 77.7 Å². The van der Waals surface area contributed by atoms with E-state index in [2.05, 4.69) is 5.32 Å². The molecule has 0 bridgehead atoms. The molecule has 0 saturated heterocycles. The highest BCUT2D eigenvalue weighted by molar-refractivity contribution is 7.92. The Kier molecular flexibility index (Phi) is 8.29. The van der Waals surface area contributed by atoms with Gasteiger partial charge in [0.25, 0.3) is 10.0 Å². The van der Waals surface area contributed by atoms with Crippen LogP contribution in [0.4, 0.5) is 18.9 Å². The molecule has 1 N–H and O–H groups in total. The molecule has 6 nitrogen and oxygen atoms in total. The monoisotopic (exact) mass is 520 g/mol. The van der Waals surface area contributed by atoms with Crippen LogP contribution in [0, 0.1) is 6.92 Å². The van der Waals surface area contributed by atoms with Crippen molar-refractivity contribution in [3.8, 4) is 5.75 Å². The Morgan fingerprint density at radius 3 is 2.25 bits per heavy atom. The lowest BCUT2D eigenvalue weighted by Gasteiger charge is -2.26. The fourth-order valence-electron chi connectivity index (χ4n) is 3.51. The number of benzene rings is 3. The van der Waals surface area contributed by atoms with Crippen molar-refractivity contribution in [3.05, 3.63) is 89.5 Å². The van der Waals surface area contributed by atoms with Gasteiger partial charge in [0.2, 0.25) is 5.91 Å². The number of hydrogen-bond acceptors (Lipinski definition) is 4. The van der Waals surface area contributed by atoms with Crippen LogP contribution in [-0.4, -0.2) is 27.5 Å². The van der Waals surface area contributed by atoms with Gasteiger partial charge in [-0.15, -0.1) is 0 Å². The van der Waals surface area contributed by atoms with Gasteiger partial charge in [0.1, 0.15) is 12.3 Å². The highest BCUT2D eigenvalue weighted by atomic mass is 32.2. The topological polar surface area (TPSA) is 75.7 Å². The third-order valence-corrected chi connectivity index (χ3v) is 7.21. The number of carbonyl (C=O) groups excluding carboxylic acids is 1. The summed E-state index contributed by atoms with van der Waals surface area (Å²) in [6.07, 6.45) is -4.68. The van der Waals surface area contributed by atoms with Crippen molar-refractivity contribution in [1.82, 2.24) is 5.32 Å². The molecule has 0 aromatic heterocycles. The van der Waals surface area contributed by atoms with Crippen molar-refractivity contribution in [2.75, 3.05) is 17.5 Å². The van der Waals surface area contributed by atoms with Gasteiger partial charge in [-0.25, -0.2) is 8.42 Å². The van der Waals surface area contributed by atoms with Crippen molar-refractivity contribution in [1.29, 1.82) is 0 Å². The zero-order valence-corrected chi connectivity index (χ0v) is 20.9. The Morgan fingerprint density at radius 1 is 1.03 bits per heavy atom. The van der Waals surface area contributed by atoms with Gasteiger partial charge in [0.05, 0.1) is 28.8 Å². The molecule has 1 amide bonds. The van der Waals surface area contributed by atoms with E-state index in [1.54, 1.807) is 50.2 Å². The van der Waals surface area contributed by atoms with E-state index in [1.165, 1.54) is 18.2 Å². The van der Waals surface area contributed by atoms with E-state index < -0.39 is 40.3 Å². The first-order chi connectivity index (χ1) is 16.9. The van der Waals surface area contributed by atoms with Crippen molar-refractivity contribution in [2.45, 2.75) is 37.9 Å². The lowest BCUT2D eigenvalue weighted by Crippen LogP contribution is -2.41. The Morgan fingerprint density at radius 2 is 1.67 bits per heavy atom. The van der Waals surface area contributed by atoms with E-state index in [0.29, 0.717) is 16.7 Å². The van der Waals surface area contributed by atoms with E-state index in [0.717, 1.165) is 29.3 Å². The number of aryl methyl sites for hydroxylation is 1. The molecule has 36 heavy (non-hydrogen) atoms. The van der Waals surface area contributed by atoms with Crippen LogP contribution in [0.5, 0.6) is 5.75 Å². The Balaban J connectivity index is 1.91. The van der Waals surface area contributed by atoms with E-state index in [1.807, 2.05) is 6.92 Å². The fourth-order valence-corrected chi connectivity index (χ4v) is 4.92. The van der Waals surface area contributed by atoms with Crippen LogP contribution >= 0.6 is 0 Å². The maximum Gasteiger partial charge on any atom is 0.416 e. The summed E-state index contributed by atoms with van der Waals surface area (Å²) in [6.45, 7) is 5.15. The summed E-state index contributed by atoms with van der Waals surface area (Å²) in [6, 6.07) is 16.3. The number of amides is 1. The smallest absolute Gasteiger partial charge is 0.416 e. The first kappa shape index (κ1) is 27.1. The first-order valence-electron chi connectivity index (χ1n) is 11.2. The predicted octanol–water partition coefficient (Wildman–Crippen LogP) is 5.49. The fraction of sp³-hybridized carbons (Fsp3) is 0.269. The zero-order chi connectivity index (χ0) is 26.5. The predicted molar refractivity (Wildman–Crippen MR) is 131 cm³/mol. The molecule has 10 heteroatoms. The van der Waals surface area contributed by atoms with E-state index in [4.69, 9.17) is 4.74 Å². The number of rotatable bonds is 9. The van der Waals surface area contributed by atoms with Crippen LogP contribution in [0.3, 0.4) is 0 Å². The largest absolute Gasteiger partial charge is 0.494 e. The molecule has 3 aromatic rings. The molecule has 0 aliphatic carbocycles. The van der Waals surface area contributed by atoms with Gasteiger partial charge in [-0.2, -0.15) is 13.2 Å².